The topological polar surface area (TPSA) is 40.5 Å². The molecule has 0 radical (unpaired) electrons. The second-order valence-electron chi connectivity index (χ2n) is 3.12. The second kappa shape index (κ2) is 6.05. The zero-order valence-electron chi connectivity index (χ0n) is 8.08. The van der Waals surface area contributed by atoms with Crippen molar-refractivity contribution < 1.29 is 9.90 Å². The average Bonchev–Trinajstić information content (AvgIpc) is 2.19. The number of nitrogens with zero attached hydrogens (tertiary/aromatic N) is 1. The Balaban J connectivity index is 2.62. The molecule has 0 saturated carbocycles. The average molecular weight is 243 g/mol. The van der Waals surface area contributed by atoms with Crippen LogP contribution >= 0.6 is 25.4 Å². The van der Waals surface area contributed by atoms with Crippen molar-refractivity contribution in [2.24, 2.45) is 0 Å². The van der Waals surface area contributed by atoms with E-state index in [0.717, 1.165) is 5.56 Å². The van der Waals surface area contributed by atoms with Gasteiger partial charge in [-0.15, -0.1) is 0 Å². The number of carboxylic acid groups (broad SMARTS) is 1. The molecule has 15 heavy (non-hydrogen) atoms. The Morgan fingerprint density at radius 3 is 2.47 bits per heavy atom. The number of benzene rings is 1. The summed E-state index contributed by atoms with van der Waals surface area (Å²) in [5.74, 6) is -0.665. The summed E-state index contributed by atoms with van der Waals surface area (Å²) in [6, 6.07) is 8.93. The molecule has 0 aliphatic rings. The first-order valence-corrected chi connectivity index (χ1v) is 5.51. The largest absolute Gasteiger partial charge is 0.480 e. The van der Waals surface area contributed by atoms with E-state index in [0.29, 0.717) is 6.54 Å². The second-order valence-corrected chi connectivity index (χ2v) is 4.00. The van der Waals surface area contributed by atoms with Gasteiger partial charge < -0.3 is 5.11 Å². The van der Waals surface area contributed by atoms with Gasteiger partial charge in [0, 0.05) is 12.3 Å². The summed E-state index contributed by atoms with van der Waals surface area (Å²) in [6.07, 6.45) is 0. The van der Waals surface area contributed by atoms with Crippen LogP contribution in [0.25, 0.3) is 0 Å². The Bertz CT molecular complexity index is 318. The maximum Gasteiger partial charge on any atom is 0.322 e. The first-order chi connectivity index (χ1) is 7.15. The highest BCUT2D eigenvalue weighted by molar-refractivity contribution is 7.80. The summed E-state index contributed by atoms with van der Waals surface area (Å²) in [5, 5.41) is 8.88. The highest BCUT2D eigenvalue weighted by atomic mass is 32.1. The Morgan fingerprint density at radius 2 is 2.00 bits per heavy atom. The van der Waals surface area contributed by atoms with Gasteiger partial charge in [0.15, 0.2) is 0 Å². The van der Waals surface area contributed by atoms with E-state index in [1.807, 2.05) is 30.3 Å². The fourth-order valence-electron chi connectivity index (χ4n) is 1.18. The van der Waals surface area contributed by atoms with Crippen LogP contribution in [0.2, 0.25) is 0 Å². The number of carbonyl (C=O) groups is 1. The van der Waals surface area contributed by atoms with Crippen molar-refractivity contribution >= 4 is 31.4 Å². The van der Waals surface area contributed by atoms with E-state index in [9.17, 15) is 4.79 Å². The standard InChI is InChI=1S/C10H13NO2S2/c12-10(13)9(7-14)11(15)6-8-4-2-1-3-5-8/h1-5,9,14-15H,6-7H2,(H,12,13)/t9-/m0/s1. The summed E-state index contributed by atoms with van der Waals surface area (Å²) < 4.78 is 1.48. The normalized spacial score (nSPS) is 12.7. The summed E-state index contributed by atoms with van der Waals surface area (Å²) in [7, 11) is 0. The van der Waals surface area contributed by atoms with Gasteiger partial charge >= 0.3 is 5.97 Å². The highest BCUT2D eigenvalue weighted by Crippen LogP contribution is 2.11. The molecular formula is C10H13NO2S2. The lowest BCUT2D eigenvalue weighted by Crippen LogP contribution is -2.36. The van der Waals surface area contributed by atoms with Gasteiger partial charge in [0.2, 0.25) is 0 Å². The van der Waals surface area contributed by atoms with E-state index in [2.05, 4.69) is 25.4 Å². The lowest BCUT2D eigenvalue weighted by molar-refractivity contribution is -0.140. The van der Waals surface area contributed by atoms with Crippen LogP contribution in [0.15, 0.2) is 30.3 Å². The molecule has 0 saturated heterocycles. The fraction of sp³-hybridized carbons (Fsp3) is 0.300. The molecule has 1 aromatic rings. The molecule has 0 aliphatic carbocycles. The number of carboxylic acids is 1. The molecule has 82 valence electrons. The van der Waals surface area contributed by atoms with Gasteiger partial charge in [-0.25, -0.2) is 4.31 Å². The minimum absolute atomic E-state index is 0.242. The van der Waals surface area contributed by atoms with Crippen LogP contribution in [0.4, 0.5) is 0 Å². The van der Waals surface area contributed by atoms with Crippen molar-refractivity contribution in [3.63, 3.8) is 0 Å². The Kier molecular flexibility index (Phi) is 5.01. The smallest absolute Gasteiger partial charge is 0.322 e. The molecule has 1 atom stereocenters. The monoisotopic (exact) mass is 243 g/mol. The third-order valence-corrected chi connectivity index (χ3v) is 2.77. The van der Waals surface area contributed by atoms with Crippen molar-refractivity contribution in [2.45, 2.75) is 12.6 Å². The van der Waals surface area contributed by atoms with Crippen LogP contribution in [0.1, 0.15) is 5.56 Å². The Labute approximate surface area is 100 Å². The van der Waals surface area contributed by atoms with E-state index < -0.39 is 12.0 Å². The zero-order valence-corrected chi connectivity index (χ0v) is 9.86. The van der Waals surface area contributed by atoms with E-state index in [4.69, 9.17) is 5.11 Å². The van der Waals surface area contributed by atoms with E-state index >= 15 is 0 Å². The van der Waals surface area contributed by atoms with Crippen LogP contribution in [0.5, 0.6) is 0 Å². The Morgan fingerprint density at radius 1 is 1.40 bits per heavy atom. The van der Waals surface area contributed by atoms with Crippen LogP contribution in [0, 0.1) is 0 Å². The predicted molar refractivity (Wildman–Crippen MR) is 66.2 cm³/mol. The number of hydrogen-bond donors (Lipinski definition) is 3. The molecule has 1 rings (SSSR count). The molecule has 0 spiro atoms. The number of aliphatic carboxylic acids is 1. The molecule has 1 N–H and O–H groups in total. The summed E-state index contributed by atoms with van der Waals surface area (Å²) in [5.41, 5.74) is 1.03. The van der Waals surface area contributed by atoms with Crippen molar-refractivity contribution in [3.05, 3.63) is 35.9 Å². The molecule has 0 heterocycles. The van der Waals surface area contributed by atoms with E-state index in [1.165, 1.54) is 4.31 Å². The summed E-state index contributed by atoms with van der Waals surface area (Å²) in [4.78, 5) is 10.8. The SMILES string of the molecule is O=C(O)[C@H](CS)N(S)Cc1ccccc1. The quantitative estimate of drug-likeness (QED) is 0.690. The fourth-order valence-corrected chi connectivity index (χ4v) is 2.01. The van der Waals surface area contributed by atoms with Gasteiger partial charge in [0.25, 0.3) is 0 Å². The van der Waals surface area contributed by atoms with Crippen LogP contribution in [-0.2, 0) is 11.3 Å². The first kappa shape index (κ1) is 12.4. The van der Waals surface area contributed by atoms with Crippen molar-refractivity contribution in [1.82, 2.24) is 4.31 Å². The lowest BCUT2D eigenvalue weighted by Gasteiger charge is -2.21. The van der Waals surface area contributed by atoms with E-state index in [1.54, 1.807) is 0 Å². The molecular weight excluding hydrogens is 230 g/mol. The van der Waals surface area contributed by atoms with Gasteiger partial charge in [-0.05, 0) is 5.56 Å². The van der Waals surface area contributed by atoms with Gasteiger partial charge in [-0.1, -0.05) is 43.1 Å². The van der Waals surface area contributed by atoms with Crippen molar-refractivity contribution in [2.75, 3.05) is 5.75 Å². The van der Waals surface area contributed by atoms with E-state index in [-0.39, 0.29) is 5.75 Å². The Hall–Kier alpha value is -0.650. The minimum Gasteiger partial charge on any atom is -0.480 e. The van der Waals surface area contributed by atoms with Crippen molar-refractivity contribution in [3.8, 4) is 0 Å². The number of thiol groups is 2. The number of hydrogen-bond acceptors (Lipinski definition) is 4. The van der Waals surface area contributed by atoms with Crippen LogP contribution < -0.4 is 0 Å². The zero-order chi connectivity index (χ0) is 11.3. The summed E-state index contributed by atoms with van der Waals surface area (Å²) in [6.45, 7) is 0.488. The predicted octanol–water partition coefficient (Wildman–Crippen LogP) is 1.72. The maximum atomic E-state index is 10.8. The third-order valence-electron chi connectivity index (χ3n) is 2.01. The third kappa shape index (κ3) is 3.77. The highest BCUT2D eigenvalue weighted by Gasteiger charge is 2.21. The van der Waals surface area contributed by atoms with Gasteiger partial charge in [0.1, 0.15) is 6.04 Å². The molecule has 0 aromatic heterocycles. The molecule has 0 bridgehead atoms. The van der Waals surface area contributed by atoms with Gasteiger partial charge in [-0.3, -0.25) is 4.79 Å². The molecule has 0 unspecified atom stereocenters. The molecule has 0 fully saturated rings. The van der Waals surface area contributed by atoms with Crippen LogP contribution in [0.3, 0.4) is 0 Å². The number of rotatable bonds is 5. The molecule has 0 amide bonds. The molecule has 1 aromatic carbocycles. The van der Waals surface area contributed by atoms with Gasteiger partial charge in [0.05, 0.1) is 0 Å². The van der Waals surface area contributed by atoms with Crippen LogP contribution in [-0.4, -0.2) is 27.2 Å². The summed E-state index contributed by atoms with van der Waals surface area (Å²) >= 11 is 8.15. The molecule has 0 aliphatic heterocycles. The molecule has 5 heteroatoms. The van der Waals surface area contributed by atoms with Crippen molar-refractivity contribution in [1.29, 1.82) is 0 Å². The lowest BCUT2D eigenvalue weighted by atomic mass is 10.2. The maximum absolute atomic E-state index is 10.8. The first-order valence-electron chi connectivity index (χ1n) is 4.48. The molecule has 3 nitrogen and oxygen atoms in total. The minimum atomic E-state index is -0.907. The van der Waals surface area contributed by atoms with Gasteiger partial charge in [-0.2, -0.15) is 12.6 Å².